The van der Waals surface area contributed by atoms with E-state index in [1.165, 1.54) is 0 Å². The number of para-hydroxylation sites is 1. The van der Waals surface area contributed by atoms with Crippen molar-refractivity contribution in [3.05, 3.63) is 29.8 Å². The Kier molecular flexibility index (Phi) is 2.91. The molecule has 1 saturated carbocycles. The summed E-state index contributed by atoms with van der Waals surface area (Å²) in [7, 11) is 0. The van der Waals surface area contributed by atoms with Gasteiger partial charge in [-0.3, -0.25) is 4.79 Å². The first-order valence-electron chi connectivity index (χ1n) is 5.52. The molecule has 1 aliphatic carbocycles. The first-order valence-corrected chi connectivity index (χ1v) is 5.52. The van der Waals surface area contributed by atoms with Gasteiger partial charge in [-0.05, 0) is 30.9 Å². The zero-order chi connectivity index (χ0) is 11.5. The van der Waals surface area contributed by atoms with Gasteiger partial charge in [-0.1, -0.05) is 19.1 Å². The maximum absolute atomic E-state index is 11.8. The minimum Gasteiger partial charge on any atom is -0.325 e. The predicted molar refractivity (Wildman–Crippen MR) is 61.7 cm³/mol. The lowest BCUT2D eigenvalue weighted by atomic mass is 10.1. The van der Waals surface area contributed by atoms with Crippen molar-refractivity contribution >= 4 is 11.6 Å². The summed E-state index contributed by atoms with van der Waals surface area (Å²) in [5.74, 6) is 0.603. The fourth-order valence-corrected chi connectivity index (χ4v) is 1.75. The fourth-order valence-electron chi connectivity index (χ4n) is 1.75. The van der Waals surface area contributed by atoms with Crippen LogP contribution in [0.4, 0.5) is 5.69 Å². The molecule has 0 heterocycles. The number of benzene rings is 1. The topological polar surface area (TPSA) is 52.9 Å². The number of amides is 1. The number of hydrogen-bond acceptors (Lipinski definition) is 2. The molecule has 1 unspecified atom stereocenters. The number of nitriles is 1. The normalized spacial score (nSPS) is 16.2. The third-order valence-electron chi connectivity index (χ3n) is 3.05. The summed E-state index contributed by atoms with van der Waals surface area (Å²) in [5.41, 5.74) is 1.13. The minimum atomic E-state index is 0.0187. The molecule has 3 heteroatoms. The van der Waals surface area contributed by atoms with Gasteiger partial charge in [0.1, 0.15) is 6.07 Å². The van der Waals surface area contributed by atoms with E-state index < -0.39 is 0 Å². The average molecular weight is 214 g/mol. The second-order valence-corrected chi connectivity index (χ2v) is 4.27. The predicted octanol–water partition coefficient (Wildman–Crippen LogP) is 2.54. The molecule has 1 aromatic rings. The van der Waals surface area contributed by atoms with Gasteiger partial charge < -0.3 is 5.32 Å². The number of carbonyl (C=O) groups excluding carboxylic acids is 1. The van der Waals surface area contributed by atoms with Crippen molar-refractivity contribution in [1.29, 1.82) is 5.26 Å². The summed E-state index contributed by atoms with van der Waals surface area (Å²) in [4.78, 5) is 11.8. The number of anilines is 1. The number of carbonyl (C=O) groups is 1. The highest BCUT2D eigenvalue weighted by Gasteiger charge is 2.32. The SMILES string of the molecule is CC(C(=O)Nc1ccccc1C#N)C1CC1. The molecule has 3 nitrogen and oxygen atoms in total. The van der Waals surface area contributed by atoms with Gasteiger partial charge in [0.15, 0.2) is 0 Å². The van der Waals surface area contributed by atoms with Crippen molar-refractivity contribution in [2.45, 2.75) is 19.8 Å². The molecule has 0 saturated heterocycles. The summed E-state index contributed by atoms with van der Waals surface area (Å²) in [6.07, 6.45) is 2.29. The van der Waals surface area contributed by atoms with Crippen LogP contribution >= 0.6 is 0 Å². The molecule has 16 heavy (non-hydrogen) atoms. The Morgan fingerprint density at radius 2 is 2.19 bits per heavy atom. The highest BCUT2D eigenvalue weighted by atomic mass is 16.1. The fraction of sp³-hybridized carbons (Fsp3) is 0.385. The Morgan fingerprint density at radius 1 is 1.50 bits per heavy atom. The molecule has 0 aromatic heterocycles. The average Bonchev–Trinajstić information content (AvgIpc) is 3.12. The van der Waals surface area contributed by atoms with E-state index in [4.69, 9.17) is 5.26 Å². The van der Waals surface area contributed by atoms with E-state index in [-0.39, 0.29) is 11.8 Å². The van der Waals surface area contributed by atoms with E-state index >= 15 is 0 Å². The molecule has 0 aliphatic heterocycles. The number of nitrogens with one attached hydrogen (secondary N) is 1. The van der Waals surface area contributed by atoms with Gasteiger partial charge in [-0.2, -0.15) is 5.26 Å². The molecular formula is C13H14N2O. The molecule has 1 amide bonds. The van der Waals surface area contributed by atoms with Crippen LogP contribution < -0.4 is 5.32 Å². The first-order chi connectivity index (χ1) is 7.72. The summed E-state index contributed by atoms with van der Waals surface area (Å²) in [6.45, 7) is 1.95. The van der Waals surface area contributed by atoms with E-state index in [0.29, 0.717) is 17.2 Å². The zero-order valence-electron chi connectivity index (χ0n) is 9.23. The van der Waals surface area contributed by atoms with Gasteiger partial charge in [0, 0.05) is 5.92 Å². The molecule has 1 aromatic carbocycles. The number of hydrogen-bond donors (Lipinski definition) is 1. The van der Waals surface area contributed by atoms with Crippen LogP contribution in [0.3, 0.4) is 0 Å². The maximum Gasteiger partial charge on any atom is 0.227 e. The van der Waals surface area contributed by atoms with Crippen LogP contribution in [0.2, 0.25) is 0 Å². The minimum absolute atomic E-state index is 0.0187. The van der Waals surface area contributed by atoms with Crippen molar-refractivity contribution in [1.82, 2.24) is 0 Å². The number of rotatable bonds is 3. The lowest BCUT2D eigenvalue weighted by Crippen LogP contribution is -2.22. The van der Waals surface area contributed by atoms with Crippen molar-refractivity contribution in [3.8, 4) is 6.07 Å². The number of nitrogens with zero attached hydrogens (tertiary/aromatic N) is 1. The Labute approximate surface area is 95.1 Å². The third-order valence-corrected chi connectivity index (χ3v) is 3.05. The van der Waals surface area contributed by atoms with E-state index in [9.17, 15) is 4.79 Å². The Morgan fingerprint density at radius 3 is 2.81 bits per heavy atom. The highest BCUT2D eigenvalue weighted by molar-refractivity contribution is 5.93. The van der Waals surface area contributed by atoms with Crippen molar-refractivity contribution < 1.29 is 4.79 Å². The van der Waals surface area contributed by atoms with Crippen molar-refractivity contribution in [2.24, 2.45) is 11.8 Å². The van der Waals surface area contributed by atoms with Gasteiger partial charge in [-0.15, -0.1) is 0 Å². The second kappa shape index (κ2) is 4.36. The molecular weight excluding hydrogens is 200 g/mol. The molecule has 82 valence electrons. The maximum atomic E-state index is 11.8. The Balaban J connectivity index is 2.08. The summed E-state index contributed by atoms with van der Waals surface area (Å²) < 4.78 is 0. The highest BCUT2D eigenvalue weighted by Crippen LogP contribution is 2.37. The smallest absolute Gasteiger partial charge is 0.227 e. The second-order valence-electron chi connectivity index (χ2n) is 4.27. The molecule has 1 atom stereocenters. The quantitative estimate of drug-likeness (QED) is 0.840. The van der Waals surface area contributed by atoms with Gasteiger partial charge >= 0.3 is 0 Å². The largest absolute Gasteiger partial charge is 0.325 e. The monoisotopic (exact) mass is 214 g/mol. The molecule has 0 bridgehead atoms. The summed E-state index contributed by atoms with van der Waals surface area (Å²) in [6, 6.07) is 9.14. The Bertz CT molecular complexity index is 443. The van der Waals surface area contributed by atoms with E-state index in [0.717, 1.165) is 12.8 Å². The molecule has 0 radical (unpaired) electrons. The standard InChI is InChI=1S/C13H14N2O/c1-9(10-6-7-10)13(16)15-12-5-3-2-4-11(12)8-14/h2-5,9-10H,6-7H2,1H3,(H,15,16). The first kappa shape index (κ1) is 10.7. The lowest BCUT2D eigenvalue weighted by Gasteiger charge is -2.11. The summed E-state index contributed by atoms with van der Waals surface area (Å²) in [5, 5.41) is 11.7. The molecule has 1 aliphatic rings. The van der Waals surface area contributed by atoms with Crippen LogP contribution in [-0.2, 0) is 4.79 Å². The van der Waals surface area contributed by atoms with Crippen LogP contribution in [0.25, 0.3) is 0 Å². The van der Waals surface area contributed by atoms with Gasteiger partial charge in [0.2, 0.25) is 5.91 Å². The van der Waals surface area contributed by atoms with Crippen molar-refractivity contribution in [3.63, 3.8) is 0 Å². The zero-order valence-corrected chi connectivity index (χ0v) is 9.23. The van der Waals surface area contributed by atoms with Crippen LogP contribution in [0.1, 0.15) is 25.3 Å². The molecule has 1 N–H and O–H groups in total. The molecule has 0 spiro atoms. The van der Waals surface area contributed by atoms with E-state index in [2.05, 4.69) is 11.4 Å². The summed E-state index contributed by atoms with van der Waals surface area (Å²) >= 11 is 0. The molecule has 2 rings (SSSR count). The van der Waals surface area contributed by atoms with Gasteiger partial charge in [-0.25, -0.2) is 0 Å². The Hall–Kier alpha value is -1.82. The van der Waals surface area contributed by atoms with E-state index in [1.54, 1.807) is 18.2 Å². The van der Waals surface area contributed by atoms with E-state index in [1.807, 2.05) is 13.0 Å². The van der Waals surface area contributed by atoms with Gasteiger partial charge in [0.25, 0.3) is 0 Å². The van der Waals surface area contributed by atoms with Crippen LogP contribution in [0.5, 0.6) is 0 Å². The van der Waals surface area contributed by atoms with Gasteiger partial charge in [0.05, 0.1) is 11.3 Å². The lowest BCUT2D eigenvalue weighted by molar-refractivity contribution is -0.119. The third kappa shape index (κ3) is 2.22. The van der Waals surface area contributed by atoms with Crippen LogP contribution in [-0.4, -0.2) is 5.91 Å². The molecule has 1 fully saturated rings. The van der Waals surface area contributed by atoms with Crippen LogP contribution in [0, 0.1) is 23.2 Å². The van der Waals surface area contributed by atoms with Crippen LogP contribution in [0.15, 0.2) is 24.3 Å². The van der Waals surface area contributed by atoms with Crippen molar-refractivity contribution in [2.75, 3.05) is 5.32 Å².